The van der Waals surface area contributed by atoms with Crippen LogP contribution in [0.3, 0.4) is 0 Å². The normalized spacial score (nSPS) is 18.2. The Labute approximate surface area is 117 Å². The molecule has 1 saturated carbocycles. The number of benzene rings is 1. The summed E-state index contributed by atoms with van der Waals surface area (Å²) >= 11 is 0. The predicted molar refractivity (Wildman–Crippen MR) is 80.6 cm³/mol. The van der Waals surface area contributed by atoms with Gasteiger partial charge in [0.1, 0.15) is 0 Å². The maximum atomic E-state index is 12.6. The van der Waals surface area contributed by atoms with Crippen molar-refractivity contribution in [1.82, 2.24) is 0 Å². The summed E-state index contributed by atoms with van der Waals surface area (Å²) in [5.74, 6) is 0.356. The van der Waals surface area contributed by atoms with Gasteiger partial charge in [0, 0.05) is 11.0 Å². The Bertz CT molecular complexity index is 410. The number of unbranched alkanes of at least 4 members (excludes halogenated alkanes) is 1. The molecule has 0 N–H and O–H groups in total. The van der Waals surface area contributed by atoms with E-state index in [0.717, 1.165) is 24.8 Å². The minimum absolute atomic E-state index is 0.108. The second kappa shape index (κ2) is 6.36. The molecule has 1 nitrogen and oxygen atoms in total. The van der Waals surface area contributed by atoms with Gasteiger partial charge in [-0.25, -0.2) is 0 Å². The number of carbonyl (C=O) groups excluding carboxylic acids is 1. The van der Waals surface area contributed by atoms with Gasteiger partial charge in [-0.1, -0.05) is 63.8 Å². The fourth-order valence-corrected chi connectivity index (χ4v) is 3.11. The van der Waals surface area contributed by atoms with Gasteiger partial charge in [-0.3, -0.25) is 4.79 Å². The lowest BCUT2D eigenvalue weighted by atomic mass is 9.71. The van der Waals surface area contributed by atoms with Crippen molar-refractivity contribution in [3.8, 4) is 0 Å². The highest BCUT2D eigenvalue weighted by molar-refractivity contribution is 6.00. The quantitative estimate of drug-likeness (QED) is 0.665. The second-order valence-electron chi connectivity index (χ2n) is 6.25. The van der Waals surface area contributed by atoms with Crippen LogP contribution in [0.5, 0.6) is 0 Å². The van der Waals surface area contributed by atoms with Gasteiger partial charge in [-0.15, -0.1) is 0 Å². The zero-order chi connectivity index (χ0) is 13.7. The van der Waals surface area contributed by atoms with Crippen LogP contribution in [-0.2, 0) is 6.42 Å². The number of ketones is 1. The summed E-state index contributed by atoms with van der Waals surface area (Å²) in [7, 11) is 0. The number of hydrogen-bond acceptors (Lipinski definition) is 1. The van der Waals surface area contributed by atoms with Gasteiger partial charge < -0.3 is 0 Å². The molecule has 2 rings (SSSR count). The molecule has 1 aromatic carbocycles. The van der Waals surface area contributed by atoms with E-state index in [4.69, 9.17) is 0 Å². The molecular weight excluding hydrogens is 232 g/mol. The van der Waals surface area contributed by atoms with Crippen molar-refractivity contribution in [2.45, 2.75) is 65.2 Å². The predicted octanol–water partition coefficient (Wildman–Crippen LogP) is 5.18. The van der Waals surface area contributed by atoms with Gasteiger partial charge in [0.2, 0.25) is 0 Å². The molecule has 104 valence electrons. The van der Waals surface area contributed by atoms with Gasteiger partial charge in [0.15, 0.2) is 5.78 Å². The average Bonchev–Trinajstić information content (AvgIpc) is 2.46. The molecule has 0 bridgehead atoms. The van der Waals surface area contributed by atoms with Crippen molar-refractivity contribution in [3.05, 3.63) is 35.4 Å². The van der Waals surface area contributed by atoms with Crippen LogP contribution < -0.4 is 0 Å². The highest BCUT2D eigenvalue weighted by atomic mass is 16.1. The van der Waals surface area contributed by atoms with Crippen LogP contribution in [0.2, 0.25) is 0 Å². The second-order valence-corrected chi connectivity index (χ2v) is 6.25. The molecule has 0 saturated heterocycles. The van der Waals surface area contributed by atoms with Gasteiger partial charge in [0.25, 0.3) is 0 Å². The topological polar surface area (TPSA) is 17.1 Å². The first kappa shape index (κ1) is 14.3. The Morgan fingerprint density at radius 1 is 1.11 bits per heavy atom. The van der Waals surface area contributed by atoms with Crippen molar-refractivity contribution in [2.24, 2.45) is 5.41 Å². The first-order valence-electron chi connectivity index (χ1n) is 7.79. The van der Waals surface area contributed by atoms with Gasteiger partial charge in [-0.2, -0.15) is 0 Å². The molecule has 0 radical (unpaired) electrons. The Kier molecular flexibility index (Phi) is 4.79. The summed E-state index contributed by atoms with van der Waals surface area (Å²) in [6.07, 6.45) is 9.39. The van der Waals surface area contributed by atoms with Crippen molar-refractivity contribution >= 4 is 5.78 Å². The van der Waals surface area contributed by atoms with Crippen LogP contribution in [0, 0.1) is 5.41 Å². The molecule has 0 heterocycles. The van der Waals surface area contributed by atoms with Gasteiger partial charge in [0.05, 0.1) is 0 Å². The molecule has 0 aliphatic heterocycles. The Morgan fingerprint density at radius 2 is 1.74 bits per heavy atom. The van der Waals surface area contributed by atoms with Crippen molar-refractivity contribution in [3.63, 3.8) is 0 Å². The fraction of sp³-hybridized carbons (Fsp3) is 0.611. The van der Waals surface area contributed by atoms with Crippen LogP contribution in [-0.4, -0.2) is 5.78 Å². The Balaban J connectivity index is 2.06. The minimum atomic E-state index is -0.108. The summed E-state index contributed by atoms with van der Waals surface area (Å²) in [4.78, 5) is 12.6. The maximum Gasteiger partial charge on any atom is 0.168 e. The zero-order valence-electron chi connectivity index (χ0n) is 12.4. The number of Topliss-reactive ketones (excluding diaryl/α,β-unsaturated/α-hetero) is 1. The molecular formula is C18H26O. The standard InChI is InChI=1S/C18H26O/c1-3-4-8-15-9-11-16(12-10-15)17(19)18(2)13-6-5-7-14-18/h9-12H,3-8,13-14H2,1-2H3. The van der Waals surface area contributed by atoms with E-state index in [9.17, 15) is 4.79 Å². The minimum Gasteiger partial charge on any atom is -0.294 e. The summed E-state index contributed by atoms with van der Waals surface area (Å²) in [6.45, 7) is 4.36. The lowest BCUT2D eigenvalue weighted by molar-refractivity contribution is 0.0749. The number of carbonyl (C=O) groups is 1. The van der Waals surface area contributed by atoms with Gasteiger partial charge in [-0.05, 0) is 31.2 Å². The lowest BCUT2D eigenvalue weighted by Crippen LogP contribution is -2.30. The summed E-state index contributed by atoms with van der Waals surface area (Å²) in [6, 6.07) is 8.34. The van der Waals surface area contributed by atoms with Crippen LogP contribution in [0.15, 0.2) is 24.3 Å². The molecule has 0 atom stereocenters. The highest BCUT2D eigenvalue weighted by Gasteiger charge is 2.34. The van der Waals surface area contributed by atoms with Crippen LogP contribution in [0.25, 0.3) is 0 Å². The highest BCUT2D eigenvalue weighted by Crippen LogP contribution is 2.38. The van der Waals surface area contributed by atoms with Crippen LogP contribution in [0.4, 0.5) is 0 Å². The maximum absolute atomic E-state index is 12.6. The van der Waals surface area contributed by atoms with Crippen molar-refractivity contribution in [2.75, 3.05) is 0 Å². The van der Waals surface area contributed by atoms with E-state index in [1.54, 1.807) is 0 Å². The van der Waals surface area contributed by atoms with E-state index in [0.29, 0.717) is 5.78 Å². The summed E-state index contributed by atoms with van der Waals surface area (Å²) in [5, 5.41) is 0. The lowest BCUT2D eigenvalue weighted by Gasteiger charge is -2.32. The first-order valence-corrected chi connectivity index (χ1v) is 7.79. The Hall–Kier alpha value is -1.11. The van der Waals surface area contributed by atoms with E-state index < -0.39 is 0 Å². The Morgan fingerprint density at radius 3 is 2.32 bits per heavy atom. The molecule has 1 aromatic rings. The van der Waals surface area contributed by atoms with E-state index in [-0.39, 0.29) is 5.41 Å². The monoisotopic (exact) mass is 258 g/mol. The smallest absolute Gasteiger partial charge is 0.168 e. The molecule has 0 amide bonds. The molecule has 1 aliphatic rings. The SMILES string of the molecule is CCCCc1ccc(C(=O)C2(C)CCCCC2)cc1. The molecule has 0 spiro atoms. The molecule has 1 heteroatoms. The average molecular weight is 258 g/mol. The molecule has 19 heavy (non-hydrogen) atoms. The van der Waals surface area contributed by atoms with Crippen molar-refractivity contribution < 1.29 is 4.79 Å². The van der Waals surface area contributed by atoms with Crippen LogP contribution >= 0.6 is 0 Å². The van der Waals surface area contributed by atoms with E-state index in [2.05, 4.69) is 26.0 Å². The third kappa shape index (κ3) is 3.46. The fourth-order valence-electron chi connectivity index (χ4n) is 3.11. The van der Waals surface area contributed by atoms with E-state index in [1.165, 1.54) is 37.7 Å². The number of aryl methyl sites for hydroxylation is 1. The molecule has 1 aliphatic carbocycles. The van der Waals surface area contributed by atoms with E-state index in [1.807, 2.05) is 12.1 Å². The van der Waals surface area contributed by atoms with E-state index >= 15 is 0 Å². The van der Waals surface area contributed by atoms with Crippen molar-refractivity contribution in [1.29, 1.82) is 0 Å². The molecule has 0 aromatic heterocycles. The summed E-state index contributed by atoms with van der Waals surface area (Å²) < 4.78 is 0. The first-order chi connectivity index (χ1) is 9.15. The largest absolute Gasteiger partial charge is 0.294 e. The zero-order valence-corrected chi connectivity index (χ0v) is 12.4. The summed E-state index contributed by atoms with van der Waals surface area (Å²) in [5.41, 5.74) is 2.15. The number of rotatable bonds is 5. The van der Waals surface area contributed by atoms with Gasteiger partial charge >= 0.3 is 0 Å². The molecule has 1 fully saturated rings. The third-order valence-corrected chi connectivity index (χ3v) is 4.54. The number of hydrogen-bond donors (Lipinski definition) is 0. The molecule has 0 unspecified atom stereocenters. The van der Waals surface area contributed by atoms with Crippen LogP contribution in [0.1, 0.15) is 74.7 Å². The third-order valence-electron chi connectivity index (χ3n) is 4.54.